The van der Waals surface area contributed by atoms with E-state index in [1.54, 1.807) is 0 Å². The fraction of sp³-hybridized carbons (Fsp3) is 0.0714. The van der Waals surface area contributed by atoms with Crippen LogP contribution in [0.5, 0.6) is 0 Å². The Bertz CT molecular complexity index is 1520. The summed E-state index contributed by atoms with van der Waals surface area (Å²) in [5.41, 5.74) is 7.41. The fourth-order valence-corrected chi connectivity index (χ4v) is 4.46. The summed E-state index contributed by atoms with van der Waals surface area (Å²) in [5, 5.41) is 12.1. The second kappa shape index (κ2) is 7.64. The molecule has 33 heavy (non-hydrogen) atoms. The maximum absolute atomic E-state index is 13.6. The van der Waals surface area contributed by atoms with Crippen molar-refractivity contribution < 1.29 is 9.32 Å². The van der Waals surface area contributed by atoms with Crippen molar-refractivity contribution in [2.45, 2.75) is 13.5 Å². The topological polar surface area (TPSA) is 67.2 Å². The number of ketones is 1. The number of carbonyl (C=O) groups excluding carboxylic acids is 1. The van der Waals surface area contributed by atoms with Gasteiger partial charge in [-0.15, -0.1) is 0 Å². The van der Waals surface area contributed by atoms with Gasteiger partial charge in [-0.05, 0) is 36.2 Å². The van der Waals surface area contributed by atoms with Crippen LogP contribution in [-0.4, -0.2) is 10.9 Å². The highest BCUT2D eigenvalue weighted by molar-refractivity contribution is 6.28. The smallest absolute Gasteiger partial charge is 0.196 e. The van der Waals surface area contributed by atoms with E-state index in [0.717, 1.165) is 39.1 Å². The molecule has 1 heterocycles. The quantitative estimate of drug-likeness (QED) is 0.318. The number of carbonyl (C=O) groups is 1. The highest BCUT2D eigenvalue weighted by Gasteiger charge is 2.32. The summed E-state index contributed by atoms with van der Waals surface area (Å²) >= 11 is 0. The van der Waals surface area contributed by atoms with Gasteiger partial charge in [0.25, 0.3) is 0 Å². The van der Waals surface area contributed by atoms with Crippen molar-refractivity contribution in [2.75, 3.05) is 10.6 Å². The first-order valence-electron chi connectivity index (χ1n) is 10.9. The number of hydrogen-bond donors (Lipinski definition) is 2. The van der Waals surface area contributed by atoms with Gasteiger partial charge >= 0.3 is 0 Å². The van der Waals surface area contributed by atoms with Crippen LogP contribution in [0.25, 0.3) is 22.2 Å². The molecule has 4 aromatic carbocycles. The molecule has 2 N–H and O–H groups in total. The van der Waals surface area contributed by atoms with Crippen LogP contribution in [0.1, 0.15) is 27.0 Å². The molecular formula is C28H21N3O2. The average Bonchev–Trinajstić information content (AvgIpc) is 3.28. The molecule has 0 saturated heterocycles. The molecule has 1 aliphatic rings. The Kier molecular flexibility index (Phi) is 4.47. The molecule has 0 fully saturated rings. The Morgan fingerprint density at radius 2 is 1.64 bits per heavy atom. The summed E-state index contributed by atoms with van der Waals surface area (Å²) in [6, 6.07) is 27.8. The number of aryl methyl sites for hydroxylation is 1. The lowest BCUT2D eigenvalue weighted by Crippen LogP contribution is -2.12. The maximum Gasteiger partial charge on any atom is 0.196 e. The number of benzene rings is 4. The van der Waals surface area contributed by atoms with Crippen LogP contribution in [0.3, 0.4) is 0 Å². The van der Waals surface area contributed by atoms with Crippen LogP contribution in [0.15, 0.2) is 89.5 Å². The summed E-state index contributed by atoms with van der Waals surface area (Å²) < 4.78 is 5.82. The number of hydrogen-bond acceptors (Lipinski definition) is 5. The van der Waals surface area contributed by atoms with Crippen LogP contribution < -0.4 is 10.6 Å². The van der Waals surface area contributed by atoms with Crippen molar-refractivity contribution in [1.82, 2.24) is 5.16 Å². The first-order chi connectivity index (χ1) is 16.2. The number of anilines is 3. The summed E-state index contributed by atoms with van der Waals surface area (Å²) in [7, 11) is 0. The lowest BCUT2D eigenvalue weighted by molar-refractivity contribution is 0.104. The molecular weight excluding hydrogens is 410 g/mol. The standard InChI is InChI=1S/C28H21N3O2/c1-17-8-7-11-19(14-17)30-22-15-23(29-16-18-9-3-2-4-10-18)26-25-24(22)27(32)20-12-5-6-13-21(20)28(25)33-31-26/h2-15,29-30H,16H2,1H3. The van der Waals surface area contributed by atoms with Gasteiger partial charge in [0.2, 0.25) is 0 Å². The average molecular weight is 431 g/mol. The third-order valence-electron chi connectivity index (χ3n) is 6.02. The minimum absolute atomic E-state index is 0.0314. The molecule has 0 bridgehead atoms. The Labute approximate surface area is 191 Å². The number of fused-ring (bicyclic) bond motifs is 2. The van der Waals surface area contributed by atoms with E-state index in [0.29, 0.717) is 28.9 Å². The largest absolute Gasteiger partial charge is 0.379 e. The Morgan fingerprint density at radius 3 is 2.45 bits per heavy atom. The summed E-state index contributed by atoms with van der Waals surface area (Å²) in [4.78, 5) is 13.6. The van der Waals surface area contributed by atoms with Gasteiger partial charge < -0.3 is 15.2 Å². The number of nitrogens with zero attached hydrogens (tertiary/aromatic N) is 1. The molecule has 6 rings (SSSR count). The molecule has 1 aromatic heterocycles. The van der Waals surface area contributed by atoms with Gasteiger partial charge in [0.15, 0.2) is 11.5 Å². The van der Waals surface area contributed by atoms with Crippen LogP contribution in [0.2, 0.25) is 0 Å². The Morgan fingerprint density at radius 1 is 0.848 bits per heavy atom. The molecule has 0 saturated carbocycles. The molecule has 0 radical (unpaired) electrons. The first kappa shape index (κ1) is 19.3. The predicted molar refractivity (Wildman–Crippen MR) is 131 cm³/mol. The molecule has 0 amide bonds. The Balaban J connectivity index is 1.54. The fourth-order valence-electron chi connectivity index (χ4n) is 4.46. The van der Waals surface area contributed by atoms with E-state index in [2.05, 4.69) is 34.0 Å². The second-order valence-corrected chi connectivity index (χ2v) is 8.29. The van der Waals surface area contributed by atoms with Gasteiger partial charge in [0.1, 0.15) is 5.52 Å². The molecule has 1 aliphatic carbocycles. The van der Waals surface area contributed by atoms with E-state index in [-0.39, 0.29) is 5.78 Å². The molecule has 5 nitrogen and oxygen atoms in total. The molecule has 0 atom stereocenters. The van der Waals surface area contributed by atoms with Crippen LogP contribution >= 0.6 is 0 Å². The Hall–Kier alpha value is -4.38. The molecule has 5 aromatic rings. The summed E-state index contributed by atoms with van der Waals surface area (Å²) in [6.45, 7) is 2.68. The number of nitrogens with one attached hydrogen (secondary N) is 2. The lowest BCUT2D eigenvalue weighted by atomic mass is 9.86. The van der Waals surface area contributed by atoms with Gasteiger partial charge in [-0.1, -0.05) is 71.9 Å². The molecule has 0 spiro atoms. The first-order valence-corrected chi connectivity index (χ1v) is 10.9. The zero-order valence-electron chi connectivity index (χ0n) is 18.1. The zero-order chi connectivity index (χ0) is 22.4. The third kappa shape index (κ3) is 3.26. The van der Waals surface area contributed by atoms with Crippen LogP contribution in [-0.2, 0) is 6.54 Å². The number of aromatic nitrogens is 1. The van der Waals surface area contributed by atoms with E-state index in [4.69, 9.17) is 4.52 Å². The lowest BCUT2D eigenvalue weighted by Gasteiger charge is -2.20. The van der Waals surface area contributed by atoms with Crippen molar-refractivity contribution in [1.29, 1.82) is 0 Å². The van der Waals surface area contributed by atoms with E-state index in [1.807, 2.05) is 73.7 Å². The molecule has 0 aliphatic heterocycles. The highest BCUT2D eigenvalue weighted by atomic mass is 16.5. The van der Waals surface area contributed by atoms with Crippen molar-refractivity contribution in [2.24, 2.45) is 0 Å². The van der Waals surface area contributed by atoms with Gasteiger partial charge in [0, 0.05) is 23.4 Å². The van der Waals surface area contributed by atoms with E-state index >= 15 is 0 Å². The monoisotopic (exact) mass is 431 g/mol. The normalized spacial score (nSPS) is 12.0. The van der Waals surface area contributed by atoms with Gasteiger partial charge in [-0.25, -0.2) is 0 Å². The highest BCUT2D eigenvalue weighted by Crippen LogP contribution is 2.45. The van der Waals surface area contributed by atoms with Crippen LogP contribution in [0, 0.1) is 6.92 Å². The minimum atomic E-state index is -0.0314. The van der Waals surface area contributed by atoms with Gasteiger partial charge in [0.05, 0.1) is 22.3 Å². The minimum Gasteiger partial charge on any atom is -0.379 e. The van der Waals surface area contributed by atoms with Crippen LogP contribution in [0.4, 0.5) is 17.1 Å². The second-order valence-electron chi connectivity index (χ2n) is 8.29. The molecule has 5 heteroatoms. The van der Waals surface area contributed by atoms with E-state index in [1.165, 1.54) is 0 Å². The van der Waals surface area contributed by atoms with Crippen molar-refractivity contribution >= 4 is 33.7 Å². The van der Waals surface area contributed by atoms with Crippen molar-refractivity contribution in [3.63, 3.8) is 0 Å². The van der Waals surface area contributed by atoms with Gasteiger partial charge in [-0.3, -0.25) is 4.79 Å². The predicted octanol–water partition coefficient (Wildman–Crippen LogP) is 6.70. The number of rotatable bonds is 5. The zero-order valence-corrected chi connectivity index (χ0v) is 18.1. The molecule has 160 valence electrons. The SMILES string of the molecule is Cc1cccc(Nc2cc(NCc3ccccc3)c3noc4c3c2C(=O)c2ccccc2-4)c1. The molecule has 0 unspecified atom stereocenters. The maximum atomic E-state index is 13.6. The third-order valence-corrected chi connectivity index (χ3v) is 6.02. The summed E-state index contributed by atoms with van der Waals surface area (Å²) in [6.07, 6.45) is 0. The van der Waals surface area contributed by atoms with E-state index < -0.39 is 0 Å². The van der Waals surface area contributed by atoms with Crippen molar-refractivity contribution in [3.05, 3.63) is 107 Å². The summed E-state index contributed by atoms with van der Waals surface area (Å²) in [5.74, 6) is 0.599. The van der Waals surface area contributed by atoms with Crippen molar-refractivity contribution in [3.8, 4) is 11.3 Å². The van der Waals surface area contributed by atoms with E-state index in [9.17, 15) is 4.79 Å². The van der Waals surface area contributed by atoms with Gasteiger partial charge in [-0.2, -0.15) is 0 Å².